The molecule has 1 aliphatic rings. The fourth-order valence-electron chi connectivity index (χ4n) is 2.71. The fraction of sp³-hybridized carbons (Fsp3) is 0.357. The Labute approximate surface area is 120 Å². The van der Waals surface area contributed by atoms with E-state index in [1.165, 1.54) is 12.3 Å². The second kappa shape index (κ2) is 5.14. The van der Waals surface area contributed by atoms with Gasteiger partial charge in [-0.05, 0) is 31.0 Å². The van der Waals surface area contributed by atoms with Crippen LogP contribution in [-0.2, 0) is 5.60 Å². The molecule has 7 heteroatoms. The van der Waals surface area contributed by atoms with E-state index >= 15 is 0 Å². The predicted molar refractivity (Wildman–Crippen MR) is 72.8 cm³/mol. The second-order valence-electron chi connectivity index (χ2n) is 5.19. The molecule has 1 aromatic carbocycles. The van der Waals surface area contributed by atoms with Crippen LogP contribution in [-0.4, -0.2) is 33.6 Å². The SMILES string of the molecule is N#Cc1ccc(N2CCC[C@@](O)(c3cn[nH]n3)C2)c(F)c1. The summed E-state index contributed by atoms with van der Waals surface area (Å²) in [5.74, 6) is -0.460. The molecule has 1 aromatic heterocycles. The average molecular weight is 287 g/mol. The zero-order chi connectivity index (χ0) is 14.9. The molecule has 1 fully saturated rings. The Morgan fingerprint density at radius 1 is 1.48 bits per heavy atom. The van der Waals surface area contributed by atoms with E-state index in [1.807, 2.05) is 6.07 Å². The number of nitriles is 1. The third-order valence-electron chi connectivity index (χ3n) is 3.78. The zero-order valence-electron chi connectivity index (χ0n) is 11.3. The fourth-order valence-corrected chi connectivity index (χ4v) is 2.71. The second-order valence-corrected chi connectivity index (χ2v) is 5.19. The van der Waals surface area contributed by atoms with Crippen molar-refractivity contribution in [2.24, 2.45) is 0 Å². The molecule has 0 unspecified atom stereocenters. The van der Waals surface area contributed by atoms with Crippen molar-refractivity contribution in [2.75, 3.05) is 18.0 Å². The Balaban J connectivity index is 1.89. The third-order valence-corrected chi connectivity index (χ3v) is 3.78. The van der Waals surface area contributed by atoms with Crippen LogP contribution in [0.5, 0.6) is 0 Å². The van der Waals surface area contributed by atoms with Gasteiger partial charge in [-0.2, -0.15) is 20.7 Å². The molecule has 0 saturated carbocycles. The molecule has 0 radical (unpaired) electrons. The molecule has 1 saturated heterocycles. The molecular weight excluding hydrogens is 273 g/mol. The molecule has 0 amide bonds. The number of halogens is 1. The minimum absolute atomic E-state index is 0.238. The first-order valence-corrected chi connectivity index (χ1v) is 6.66. The van der Waals surface area contributed by atoms with Crippen molar-refractivity contribution in [1.82, 2.24) is 15.4 Å². The first-order chi connectivity index (χ1) is 10.1. The molecule has 2 heterocycles. The molecule has 1 aliphatic heterocycles. The Kier molecular flexibility index (Phi) is 3.31. The van der Waals surface area contributed by atoms with E-state index in [-0.39, 0.29) is 12.1 Å². The lowest BCUT2D eigenvalue weighted by molar-refractivity contribution is 0.0175. The molecular formula is C14H14FN5O. The number of aliphatic hydroxyl groups is 1. The number of piperidine rings is 1. The first kappa shape index (κ1) is 13.5. The van der Waals surface area contributed by atoms with Gasteiger partial charge >= 0.3 is 0 Å². The maximum absolute atomic E-state index is 14.1. The molecule has 6 nitrogen and oxygen atoms in total. The van der Waals surface area contributed by atoms with Gasteiger partial charge in [0.1, 0.15) is 17.1 Å². The van der Waals surface area contributed by atoms with Crippen LogP contribution in [0.2, 0.25) is 0 Å². The predicted octanol–water partition coefficient (Wildman–Crippen LogP) is 1.30. The minimum atomic E-state index is -1.15. The van der Waals surface area contributed by atoms with Crippen LogP contribution in [0.15, 0.2) is 24.4 Å². The average Bonchev–Trinajstić information content (AvgIpc) is 3.02. The van der Waals surface area contributed by atoms with Crippen molar-refractivity contribution >= 4 is 5.69 Å². The Hall–Kier alpha value is -2.46. The van der Waals surface area contributed by atoms with Gasteiger partial charge in [0, 0.05) is 6.54 Å². The number of nitrogens with one attached hydrogen (secondary N) is 1. The van der Waals surface area contributed by atoms with Crippen LogP contribution in [0.25, 0.3) is 0 Å². The van der Waals surface area contributed by atoms with Crippen LogP contribution in [0.1, 0.15) is 24.1 Å². The van der Waals surface area contributed by atoms with E-state index in [1.54, 1.807) is 17.0 Å². The highest BCUT2D eigenvalue weighted by molar-refractivity contribution is 5.52. The van der Waals surface area contributed by atoms with Crippen LogP contribution in [0.4, 0.5) is 10.1 Å². The first-order valence-electron chi connectivity index (χ1n) is 6.66. The molecule has 3 rings (SSSR count). The maximum atomic E-state index is 14.1. The van der Waals surface area contributed by atoms with Gasteiger partial charge in [-0.3, -0.25) is 0 Å². The standard InChI is InChI=1S/C14H14FN5O/c15-11-6-10(7-16)2-3-12(11)20-5-1-4-14(21,9-20)13-8-17-19-18-13/h2-3,6,8,21H,1,4-5,9H2,(H,17,18,19)/t14-/m0/s1. The quantitative estimate of drug-likeness (QED) is 0.869. The summed E-state index contributed by atoms with van der Waals surface area (Å²) in [6.07, 6.45) is 2.75. The molecule has 0 aliphatic carbocycles. The van der Waals surface area contributed by atoms with Gasteiger partial charge in [0.05, 0.1) is 30.1 Å². The molecule has 1 atom stereocenters. The Morgan fingerprint density at radius 2 is 2.33 bits per heavy atom. The normalized spacial score (nSPS) is 22.0. The summed E-state index contributed by atoms with van der Waals surface area (Å²) in [6.45, 7) is 0.880. The lowest BCUT2D eigenvalue weighted by Gasteiger charge is -2.39. The summed E-state index contributed by atoms with van der Waals surface area (Å²) in [6, 6.07) is 6.26. The van der Waals surface area contributed by atoms with Crippen LogP contribution in [0.3, 0.4) is 0 Å². The number of aromatic nitrogens is 3. The summed E-state index contributed by atoms with van der Waals surface area (Å²) in [5.41, 5.74) is -0.0251. The highest BCUT2D eigenvalue weighted by atomic mass is 19.1. The van der Waals surface area contributed by atoms with Crippen molar-refractivity contribution in [1.29, 1.82) is 5.26 Å². The van der Waals surface area contributed by atoms with Gasteiger partial charge < -0.3 is 10.0 Å². The number of aromatic amines is 1. The molecule has 21 heavy (non-hydrogen) atoms. The van der Waals surface area contributed by atoms with Crippen LogP contribution >= 0.6 is 0 Å². The monoisotopic (exact) mass is 287 g/mol. The molecule has 0 spiro atoms. The number of nitrogens with zero attached hydrogens (tertiary/aromatic N) is 4. The number of hydrogen-bond donors (Lipinski definition) is 2. The third kappa shape index (κ3) is 2.45. The van der Waals surface area contributed by atoms with Crippen molar-refractivity contribution in [3.8, 4) is 6.07 Å². The van der Waals surface area contributed by atoms with E-state index in [2.05, 4.69) is 15.4 Å². The van der Waals surface area contributed by atoms with E-state index < -0.39 is 11.4 Å². The number of β-amino-alcohol motifs (C(OH)–C–C–N with tert-alkyl or cyclic N) is 1. The highest BCUT2D eigenvalue weighted by Gasteiger charge is 2.37. The van der Waals surface area contributed by atoms with Gasteiger partial charge in [0.2, 0.25) is 0 Å². The number of hydrogen-bond acceptors (Lipinski definition) is 5. The highest BCUT2D eigenvalue weighted by Crippen LogP contribution is 2.33. The lowest BCUT2D eigenvalue weighted by atomic mass is 9.89. The smallest absolute Gasteiger partial charge is 0.147 e. The molecule has 0 bridgehead atoms. The molecule has 108 valence electrons. The summed E-state index contributed by atoms with van der Waals surface area (Å²) in [7, 11) is 0. The van der Waals surface area contributed by atoms with Crippen LogP contribution in [0, 0.1) is 17.1 Å². The number of rotatable bonds is 2. The van der Waals surface area contributed by atoms with Crippen molar-refractivity contribution in [3.63, 3.8) is 0 Å². The number of anilines is 1. The largest absolute Gasteiger partial charge is 0.382 e. The van der Waals surface area contributed by atoms with Gasteiger partial charge in [-0.15, -0.1) is 0 Å². The van der Waals surface area contributed by atoms with Gasteiger partial charge in [-0.25, -0.2) is 4.39 Å². The van der Waals surface area contributed by atoms with Crippen molar-refractivity contribution in [2.45, 2.75) is 18.4 Å². The van der Waals surface area contributed by atoms with Crippen molar-refractivity contribution in [3.05, 3.63) is 41.5 Å². The van der Waals surface area contributed by atoms with Gasteiger partial charge in [0.15, 0.2) is 0 Å². The van der Waals surface area contributed by atoms with E-state index in [0.29, 0.717) is 30.8 Å². The lowest BCUT2D eigenvalue weighted by Crippen LogP contribution is -2.46. The maximum Gasteiger partial charge on any atom is 0.147 e. The minimum Gasteiger partial charge on any atom is -0.382 e. The van der Waals surface area contributed by atoms with Crippen molar-refractivity contribution < 1.29 is 9.50 Å². The van der Waals surface area contributed by atoms with E-state index in [4.69, 9.17) is 5.26 Å². The summed E-state index contributed by atoms with van der Waals surface area (Å²) < 4.78 is 14.1. The van der Waals surface area contributed by atoms with Gasteiger partial charge in [0.25, 0.3) is 0 Å². The van der Waals surface area contributed by atoms with E-state index in [0.717, 1.165) is 0 Å². The Morgan fingerprint density at radius 3 is 3.00 bits per heavy atom. The Bertz CT molecular complexity index is 681. The topological polar surface area (TPSA) is 88.8 Å². The zero-order valence-corrected chi connectivity index (χ0v) is 11.3. The van der Waals surface area contributed by atoms with Crippen LogP contribution < -0.4 is 4.90 Å². The van der Waals surface area contributed by atoms with E-state index in [9.17, 15) is 9.50 Å². The summed E-state index contributed by atoms with van der Waals surface area (Å²) in [4.78, 5) is 1.77. The van der Waals surface area contributed by atoms with Gasteiger partial charge in [-0.1, -0.05) is 0 Å². The summed E-state index contributed by atoms with van der Waals surface area (Å²) >= 11 is 0. The number of benzene rings is 1. The molecule has 2 N–H and O–H groups in total. The molecule has 2 aromatic rings. The summed E-state index contributed by atoms with van der Waals surface area (Å²) in [5, 5.41) is 29.6. The number of H-pyrrole nitrogens is 1.